The van der Waals surface area contributed by atoms with E-state index < -0.39 is 0 Å². The maximum absolute atomic E-state index is 13.6. The zero-order chi connectivity index (χ0) is 15.4. The summed E-state index contributed by atoms with van der Waals surface area (Å²) in [6, 6.07) is 14.4. The molecule has 0 radical (unpaired) electrons. The molecule has 0 saturated carbocycles. The van der Waals surface area contributed by atoms with Crippen molar-refractivity contribution in [2.75, 3.05) is 19.7 Å². The van der Waals surface area contributed by atoms with Crippen LogP contribution >= 0.6 is 35.8 Å². The fraction of sp³-hybridized carbons (Fsp3) is 0.294. The Morgan fingerprint density at radius 1 is 1.22 bits per heavy atom. The first-order valence-corrected chi connectivity index (χ1v) is 8.49. The molecule has 6 heteroatoms. The van der Waals surface area contributed by atoms with Gasteiger partial charge in [-0.15, -0.1) is 24.2 Å². The van der Waals surface area contributed by atoms with Crippen LogP contribution in [0.5, 0.6) is 0 Å². The van der Waals surface area contributed by atoms with Gasteiger partial charge in [-0.1, -0.05) is 35.9 Å². The van der Waals surface area contributed by atoms with Gasteiger partial charge in [-0.2, -0.15) is 0 Å². The summed E-state index contributed by atoms with van der Waals surface area (Å²) in [5.74, 6) is -0.231. The van der Waals surface area contributed by atoms with E-state index in [0.717, 1.165) is 23.5 Å². The summed E-state index contributed by atoms with van der Waals surface area (Å²) in [7, 11) is 0. The largest absolute Gasteiger partial charge is 0.374 e. The highest BCUT2D eigenvalue weighted by molar-refractivity contribution is 7.99. The fourth-order valence-corrected chi connectivity index (χ4v) is 3.99. The standard InChI is InChI=1S/C17H17ClFNOS.ClH/c18-14-6-1-2-7-16(14)22-17(15-11-20-8-9-21-15)12-4-3-5-13(19)10-12;/h1-7,10,15,17,20H,8-9,11H2;1H/t15-,17-;/m1./s1. The topological polar surface area (TPSA) is 21.3 Å². The Labute approximate surface area is 151 Å². The average Bonchev–Trinajstić information content (AvgIpc) is 2.55. The molecular weight excluding hydrogens is 356 g/mol. The van der Waals surface area contributed by atoms with Crippen LogP contribution in [0.15, 0.2) is 53.4 Å². The zero-order valence-electron chi connectivity index (χ0n) is 12.4. The van der Waals surface area contributed by atoms with Gasteiger partial charge in [0.15, 0.2) is 0 Å². The minimum absolute atomic E-state index is 0. The summed E-state index contributed by atoms with van der Waals surface area (Å²) in [4.78, 5) is 0.979. The Morgan fingerprint density at radius 3 is 2.74 bits per heavy atom. The molecule has 2 atom stereocenters. The van der Waals surface area contributed by atoms with E-state index in [2.05, 4.69) is 5.32 Å². The lowest BCUT2D eigenvalue weighted by molar-refractivity contribution is 0.0273. The lowest BCUT2D eigenvalue weighted by Gasteiger charge is -2.31. The van der Waals surface area contributed by atoms with Crippen LogP contribution in [0.25, 0.3) is 0 Å². The molecule has 1 aliphatic heterocycles. The van der Waals surface area contributed by atoms with Crippen LogP contribution in [-0.4, -0.2) is 25.8 Å². The minimum atomic E-state index is -0.231. The number of hydrogen-bond acceptors (Lipinski definition) is 3. The molecule has 1 fully saturated rings. The highest BCUT2D eigenvalue weighted by atomic mass is 35.5. The second kappa shape index (κ2) is 8.90. The van der Waals surface area contributed by atoms with Crippen molar-refractivity contribution in [1.82, 2.24) is 5.32 Å². The van der Waals surface area contributed by atoms with E-state index >= 15 is 0 Å². The first kappa shape index (κ1) is 18.6. The molecule has 124 valence electrons. The summed E-state index contributed by atoms with van der Waals surface area (Å²) < 4.78 is 19.5. The van der Waals surface area contributed by atoms with Gasteiger partial charge >= 0.3 is 0 Å². The Balaban J connectivity index is 0.00000192. The Kier molecular flexibility index (Phi) is 7.18. The van der Waals surface area contributed by atoms with Crippen LogP contribution in [-0.2, 0) is 4.74 Å². The van der Waals surface area contributed by atoms with Crippen LogP contribution < -0.4 is 5.32 Å². The molecule has 23 heavy (non-hydrogen) atoms. The summed E-state index contributed by atoms with van der Waals surface area (Å²) >= 11 is 7.89. The van der Waals surface area contributed by atoms with Gasteiger partial charge in [0.05, 0.1) is 23.0 Å². The molecule has 0 unspecified atom stereocenters. The lowest BCUT2D eigenvalue weighted by atomic mass is 10.1. The molecule has 0 bridgehead atoms. The molecule has 1 N–H and O–H groups in total. The first-order valence-electron chi connectivity index (χ1n) is 7.23. The number of rotatable bonds is 4. The predicted molar refractivity (Wildman–Crippen MR) is 96.3 cm³/mol. The number of nitrogens with one attached hydrogen (secondary N) is 1. The Morgan fingerprint density at radius 2 is 2.04 bits per heavy atom. The molecular formula is C17H18Cl2FNOS. The monoisotopic (exact) mass is 373 g/mol. The van der Waals surface area contributed by atoms with Crippen molar-refractivity contribution < 1.29 is 9.13 Å². The first-order chi connectivity index (χ1) is 10.7. The number of halogens is 3. The maximum Gasteiger partial charge on any atom is 0.123 e. The highest BCUT2D eigenvalue weighted by Crippen LogP contribution is 2.42. The smallest absolute Gasteiger partial charge is 0.123 e. The molecule has 3 rings (SSSR count). The third-order valence-electron chi connectivity index (χ3n) is 3.56. The van der Waals surface area contributed by atoms with E-state index in [0.29, 0.717) is 11.6 Å². The Hall–Kier alpha value is -0.780. The van der Waals surface area contributed by atoms with Crippen molar-refractivity contribution in [3.63, 3.8) is 0 Å². The van der Waals surface area contributed by atoms with Crippen molar-refractivity contribution in [2.24, 2.45) is 0 Å². The SMILES string of the molecule is Cl.Fc1cccc([C@@H](Sc2ccccc2Cl)[C@H]2CNCCO2)c1. The molecule has 2 aromatic rings. The predicted octanol–water partition coefficient (Wildman–Crippen LogP) is 4.72. The van der Waals surface area contributed by atoms with Gasteiger partial charge in [0, 0.05) is 18.0 Å². The van der Waals surface area contributed by atoms with E-state index in [1.165, 1.54) is 6.07 Å². The van der Waals surface area contributed by atoms with Crippen LogP contribution in [0.2, 0.25) is 5.02 Å². The van der Waals surface area contributed by atoms with E-state index in [9.17, 15) is 4.39 Å². The second-order valence-corrected chi connectivity index (χ2v) is 6.73. The van der Waals surface area contributed by atoms with E-state index in [1.807, 2.05) is 30.3 Å². The maximum atomic E-state index is 13.6. The van der Waals surface area contributed by atoms with Crippen molar-refractivity contribution >= 4 is 35.8 Å². The third kappa shape index (κ3) is 4.85. The molecule has 0 aromatic heterocycles. The summed E-state index contributed by atoms with van der Waals surface area (Å²) in [5, 5.41) is 4.03. The summed E-state index contributed by atoms with van der Waals surface area (Å²) in [6.07, 6.45) is -0.0168. The van der Waals surface area contributed by atoms with E-state index in [-0.39, 0.29) is 29.6 Å². The summed E-state index contributed by atoms with van der Waals surface area (Å²) in [5.41, 5.74) is 0.915. The van der Waals surface area contributed by atoms with Crippen LogP contribution in [0.4, 0.5) is 4.39 Å². The van der Waals surface area contributed by atoms with E-state index in [1.54, 1.807) is 23.9 Å². The van der Waals surface area contributed by atoms with Crippen molar-refractivity contribution in [2.45, 2.75) is 16.2 Å². The van der Waals surface area contributed by atoms with Crippen molar-refractivity contribution in [3.8, 4) is 0 Å². The lowest BCUT2D eigenvalue weighted by Crippen LogP contribution is -2.41. The molecule has 0 aliphatic carbocycles. The summed E-state index contributed by atoms with van der Waals surface area (Å²) in [6.45, 7) is 2.27. The van der Waals surface area contributed by atoms with Crippen LogP contribution in [0, 0.1) is 5.82 Å². The number of ether oxygens (including phenoxy) is 1. The molecule has 1 heterocycles. The van der Waals surface area contributed by atoms with Gasteiger partial charge in [-0.05, 0) is 29.8 Å². The Bertz CT molecular complexity index is 637. The quantitative estimate of drug-likeness (QED) is 0.783. The normalized spacial score (nSPS) is 19.0. The fourth-order valence-electron chi connectivity index (χ4n) is 2.50. The van der Waals surface area contributed by atoms with Crippen LogP contribution in [0.3, 0.4) is 0 Å². The number of morpholine rings is 1. The van der Waals surface area contributed by atoms with Gasteiger partial charge in [0.1, 0.15) is 5.82 Å². The molecule has 0 amide bonds. The van der Waals surface area contributed by atoms with Gasteiger partial charge in [0.2, 0.25) is 0 Å². The number of hydrogen-bond donors (Lipinski definition) is 1. The third-order valence-corrected chi connectivity index (χ3v) is 5.44. The number of thioether (sulfide) groups is 1. The number of benzene rings is 2. The molecule has 0 spiro atoms. The van der Waals surface area contributed by atoms with Crippen molar-refractivity contribution in [1.29, 1.82) is 0 Å². The molecule has 1 aliphatic rings. The average molecular weight is 374 g/mol. The van der Waals surface area contributed by atoms with Crippen molar-refractivity contribution in [3.05, 3.63) is 64.9 Å². The second-order valence-electron chi connectivity index (χ2n) is 5.14. The zero-order valence-corrected chi connectivity index (χ0v) is 14.8. The van der Waals surface area contributed by atoms with Gasteiger partial charge in [-0.25, -0.2) is 4.39 Å². The van der Waals surface area contributed by atoms with Gasteiger partial charge in [0.25, 0.3) is 0 Å². The molecule has 1 saturated heterocycles. The highest BCUT2D eigenvalue weighted by Gasteiger charge is 2.27. The minimum Gasteiger partial charge on any atom is -0.374 e. The molecule has 2 nitrogen and oxygen atoms in total. The van der Waals surface area contributed by atoms with Gasteiger partial charge in [-0.3, -0.25) is 0 Å². The van der Waals surface area contributed by atoms with Crippen LogP contribution in [0.1, 0.15) is 10.8 Å². The molecule has 2 aromatic carbocycles. The van der Waals surface area contributed by atoms with E-state index in [4.69, 9.17) is 16.3 Å². The van der Waals surface area contributed by atoms with Gasteiger partial charge < -0.3 is 10.1 Å².